The van der Waals surface area contributed by atoms with E-state index in [1.165, 1.54) is 11.0 Å². The van der Waals surface area contributed by atoms with Crippen LogP contribution < -0.4 is 10.2 Å². The zero-order valence-corrected chi connectivity index (χ0v) is 29.2. The van der Waals surface area contributed by atoms with Crippen LogP contribution in [-0.4, -0.2) is 52.3 Å². The van der Waals surface area contributed by atoms with Gasteiger partial charge in [-0.15, -0.1) is 0 Å². The second kappa shape index (κ2) is 12.2. The van der Waals surface area contributed by atoms with Crippen LogP contribution in [0.5, 0.6) is 11.5 Å². The number of carbonyl (C=O) groups is 4. The molecule has 0 radical (unpaired) electrons. The first-order valence-corrected chi connectivity index (χ1v) is 17.4. The summed E-state index contributed by atoms with van der Waals surface area (Å²) in [5.74, 6) is -4.64. The molecule has 9 nitrogen and oxygen atoms in total. The Labute approximate surface area is 295 Å². The first-order valence-electron chi connectivity index (χ1n) is 15.8. The summed E-state index contributed by atoms with van der Waals surface area (Å²) < 4.78 is 6.10. The van der Waals surface area contributed by atoms with Gasteiger partial charge < -0.3 is 9.84 Å². The van der Waals surface area contributed by atoms with Crippen LogP contribution in [0, 0.1) is 23.7 Å². The van der Waals surface area contributed by atoms with Crippen molar-refractivity contribution < 1.29 is 29.0 Å². The van der Waals surface area contributed by atoms with Gasteiger partial charge >= 0.3 is 0 Å². The number of allylic oxidation sites excluding steroid dienone is 2. The van der Waals surface area contributed by atoms with Crippen molar-refractivity contribution in [3.63, 3.8) is 0 Å². The van der Waals surface area contributed by atoms with Gasteiger partial charge in [0, 0.05) is 27.5 Å². The number of ether oxygens (including phenoxy) is 1. The molecule has 48 heavy (non-hydrogen) atoms. The highest BCUT2D eigenvalue weighted by Gasteiger charge is 2.70. The second-order valence-corrected chi connectivity index (χ2v) is 14.5. The van der Waals surface area contributed by atoms with E-state index in [1.807, 2.05) is 13.0 Å². The lowest BCUT2D eigenvalue weighted by atomic mass is 9.49. The van der Waals surface area contributed by atoms with Gasteiger partial charge in [-0.2, -0.15) is 5.01 Å². The van der Waals surface area contributed by atoms with E-state index in [0.717, 1.165) is 10.6 Å². The molecule has 3 aromatic rings. The fourth-order valence-electron chi connectivity index (χ4n) is 8.45. The maximum atomic E-state index is 15.2. The molecule has 1 saturated carbocycles. The normalized spacial score (nSPS) is 27.9. The number of hydrazine groups is 1. The van der Waals surface area contributed by atoms with Gasteiger partial charge in [-0.05, 0) is 79.3 Å². The standard InChI is InChI=1S/C36H32BrCl2N3O6/c1-3-14-41-32(44)23-11-10-22-24(30(23)34(41)46)17-26-33(45)42(40-28-12-7-20(38)16-27(28)39)35(47)36(26,18-4-8-21(48-2)9-5-18)31(22)25-15-19(37)6-13-29(25)43/h4-10,12-13,15-16,23-24,26,30-31,40,43H,3,11,14,17H2,1-2H3. The number of hydrogen-bond acceptors (Lipinski definition) is 7. The zero-order chi connectivity index (χ0) is 34.1. The molecule has 0 bridgehead atoms. The summed E-state index contributed by atoms with van der Waals surface area (Å²) in [7, 11) is 1.54. The van der Waals surface area contributed by atoms with Crippen LogP contribution in [-0.2, 0) is 24.6 Å². The number of phenols is 1. The van der Waals surface area contributed by atoms with E-state index in [2.05, 4.69) is 21.4 Å². The lowest BCUT2D eigenvalue weighted by Gasteiger charge is -2.50. The highest BCUT2D eigenvalue weighted by atomic mass is 79.9. The van der Waals surface area contributed by atoms with E-state index < -0.39 is 46.8 Å². The molecule has 4 aliphatic rings. The van der Waals surface area contributed by atoms with E-state index in [4.69, 9.17) is 27.9 Å². The van der Waals surface area contributed by atoms with Crippen LogP contribution in [0.3, 0.4) is 0 Å². The van der Waals surface area contributed by atoms with Gasteiger partial charge in [0.2, 0.25) is 11.8 Å². The number of halogens is 3. The summed E-state index contributed by atoms with van der Waals surface area (Å²) in [5.41, 5.74) is 3.44. The number of fused-ring (bicyclic) bond motifs is 4. The van der Waals surface area contributed by atoms with Crippen molar-refractivity contribution in [3.05, 3.63) is 98.0 Å². The number of nitrogens with one attached hydrogen (secondary N) is 1. The third-order valence-electron chi connectivity index (χ3n) is 10.4. The summed E-state index contributed by atoms with van der Waals surface area (Å²) >= 11 is 16.2. The SMILES string of the molecule is CCCN1C(=O)C2CC=C3C(CC4C(=O)N(Nc5ccc(Cl)cc5Cl)C(=O)C4(c4ccc(OC)cc4)C3c3cc(Br)ccc3O)C2C1=O. The van der Waals surface area contributed by atoms with E-state index in [1.54, 1.807) is 61.7 Å². The first-order chi connectivity index (χ1) is 23.0. The Morgan fingerprint density at radius 2 is 1.73 bits per heavy atom. The molecule has 2 heterocycles. The van der Waals surface area contributed by atoms with Gasteiger partial charge in [0.05, 0.1) is 41.0 Å². The van der Waals surface area contributed by atoms with Crippen LogP contribution in [0.15, 0.2) is 76.8 Å². The fraction of sp³-hybridized carbons (Fsp3) is 0.333. The van der Waals surface area contributed by atoms with Crippen molar-refractivity contribution >= 4 is 68.4 Å². The van der Waals surface area contributed by atoms with Crippen molar-refractivity contribution in [2.75, 3.05) is 19.1 Å². The molecular weight excluding hydrogens is 721 g/mol. The van der Waals surface area contributed by atoms with Crippen molar-refractivity contribution in [2.45, 2.75) is 37.5 Å². The molecule has 0 aromatic heterocycles. The number of amides is 4. The van der Waals surface area contributed by atoms with Crippen LogP contribution in [0.1, 0.15) is 43.2 Å². The Balaban J connectivity index is 1.47. The van der Waals surface area contributed by atoms with Crippen molar-refractivity contribution in [3.8, 4) is 11.5 Å². The number of likely N-dealkylation sites (tertiary alicyclic amines) is 1. The number of benzene rings is 3. The first kappa shape index (κ1) is 32.7. The Kier molecular flexibility index (Phi) is 8.33. The monoisotopic (exact) mass is 751 g/mol. The van der Waals surface area contributed by atoms with Crippen LogP contribution in [0.4, 0.5) is 5.69 Å². The number of nitrogens with zero attached hydrogens (tertiary/aromatic N) is 2. The topological polar surface area (TPSA) is 116 Å². The van der Waals surface area contributed by atoms with E-state index in [9.17, 15) is 19.5 Å². The summed E-state index contributed by atoms with van der Waals surface area (Å²) in [5, 5.41) is 13.1. The number of rotatable bonds is 7. The van der Waals surface area contributed by atoms with Crippen molar-refractivity contribution in [1.82, 2.24) is 9.91 Å². The average Bonchev–Trinajstić information content (AvgIpc) is 3.44. The number of imide groups is 2. The number of carbonyl (C=O) groups excluding carboxylic acids is 4. The average molecular weight is 753 g/mol. The van der Waals surface area contributed by atoms with Crippen LogP contribution >= 0.6 is 39.1 Å². The molecule has 2 N–H and O–H groups in total. The largest absolute Gasteiger partial charge is 0.508 e. The van der Waals surface area contributed by atoms with E-state index in [-0.39, 0.29) is 29.0 Å². The highest BCUT2D eigenvalue weighted by molar-refractivity contribution is 9.10. The smallest absolute Gasteiger partial charge is 0.260 e. The van der Waals surface area contributed by atoms with E-state index >= 15 is 4.79 Å². The molecule has 12 heteroatoms. The molecule has 6 atom stereocenters. The molecule has 2 aliphatic carbocycles. The minimum Gasteiger partial charge on any atom is -0.508 e. The molecule has 3 aromatic carbocycles. The minimum atomic E-state index is -1.56. The van der Waals surface area contributed by atoms with Gasteiger partial charge in [0.1, 0.15) is 11.5 Å². The lowest BCUT2D eigenvalue weighted by molar-refractivity contribution is -0.141. The highest BCUT2D eigenvalue weighted by Crippen LogP contribution is 2.65. The third-order valence-corrected chi connectivity index (χ3v) is 11.5. The molecule has 2 saturated heterocycles. The third kappa shape index (κ3) is 4.78. The Morgan fingerprint density at radius 3 is 2.42 bits per heavy atom. The van der Waals surface area contributed by atoms with Gasteiger partial charge in [0.15, 0.2) is 0 Å². The summed E-state index contributed by atoms with van der Waals surface area (Å²) in [4.78, 5) is 58.8. The number of hydrogen-bond donors (Lipinski definition) is 2. The number of anilines is 1. The Hall–Kier alpha value is -3.86. The number of aromatic hydroxyl groups is 1. The van der Waals surface area contributed by atoms with Crippen molar-refractivity contribution in [2.24, 2.45) is 23.7 Å². The predicted molar refractivity (Wildman–Crippen MR) is 183 cm³/mol. The lowest BCUT2D eigenvalue weighted by Crippen LogP contribution is -2.53. The quantitative estimate of drug-likeness (QED) is 0.200. The van der Waals surface area contributed by atoms with Crippen molar-refractivity contribution in [1.29, 1.82) is 0 Å². The predicted octanol–water partition coefficient (Wildman–Crippen LogP) is 6.87. The summed E-state index contributed by atoms with van der Waals surface area (Å²) in [6.07, 6.45) is 3.03. The minimum absolute atomic E-state index is 0.0626. The molecule has 0 spiro atoms. The zero-order valence-electron chi connectivity index (χ0n) is 26.1. The summed E-state index contributed by atoms with van der Waals surface area (Å²) in [6, 6.07) is 16.7. The molecule has 2 aliphatic heterocycles. The molecule has 3 fully saturated rings. The van der Waals surface area contributed by atoms with Gasteiger partial charge in [-0.1, -0.05) is 69.8 Å². The van der Waals surface area contributed by atoms with Gasteiger partial charge in [0.25, 0.3) is 11.8 Å². The van der Waals surface area contributed by atoms with Crippen LogP contribution in [0.2, 0.25) is 10.0 Å². The summed E-state index contributed by atoms with van der Waals surface area (Å²) in [6.45, 7) is 2.23. The molecule has 4 amide bonds. The molecule has 248 valence electrons. The Morgan fingerprint density at radius 1 is 0.979 bits per heavy atom. The fourth-order valence-corrected chi connectivity index (χ4v) is 9.28. The number of phenolic OH excluding ortho intramolecular Hbond substituents is 1. The number of methoxy groups -OCH3 is 1. The van der Waals surface area contributed by atoms with Gasteiger partial charge in [-0.3, -0.25) is 29.5 Å². The maximum absolute atomic E-state index is 15.2. The van der Waals surface area contributed by atoms with Gasteiger partial charge in [-0.25, -0.2) is 0 Å². The molecule has 6 unspecified atom stereocenters. The molecule has 7 rings (SSSR count). The second-order valence-electron chi connectivity index (χ2n) is 12.7. The van der Waals surface area contributed by atoms with E-state index in [0.29, 0.717) is 51.4 Å². The maximum Gasteiger partial charge on any atom is 0.260 e. The van der Waals surface area contributed by atoms with Crippen LogP contribution in [0.25, 0.3) is 0 Å². The Bertz CT molecular complexity index is 1900. The molecular formula is C36H32BrCl2N3O6.